The van der Waals surface area contributed by atoms with Crippen LogP contribution in [0, 0.1) is 5.82 Å². The molecule has 0 bridgehead atoms. The summed E-state index contributed by atoms with van der Waals surface area (Å²) in [4.78, 5) is 30.0. The van der Waals surface area contributed by atoms with E-state index in [0.717, 1.165) is 22.0 Å². The molecule has 0 spiro atoms. The first-order valence-electron chi connectivity index (χ1n) is 11.9. The van der Waals surface area contributed by atoms with Crippen LogP contribution in [0.3, 0.4) is 0 Å². The molecule has 0 saturated carbocycles. The number of methoxy groups -OCH3 is 2. The maximum atomic E-state index is 13.6. The molecule has 2 heterocycles. The second kappa shape index (κ2) is 12.1. The van der Waals surface area contributed by atoms with Gasteiger partial charge in [0.1, 0.15) is 5.82 Å². The molecule has 0 saturated heterocycles. The zero-order valence-electron chi connectivity index (χ0n) is 21.4. The number of anilines is 1. The molecule has 40 heavy (non-hydrogen) atoms. The van der Waals surface area contributed by atoms with Crippen LogP contribution in [0.2, 0.25) is 0 Å². The summed E-state index contributed by atoms with van der Waals surface area (Å²) in [6.45, 7) is 0.0238. The third kappa shape index (κ3) is 6.05. The standard InChI is InChI=1S/C27H23FN6O4S2/c1-37-20-12-7-16(13-21(20)38-2)25(36)29-14-23-32-33-27(34(23)18-10-8-17(28)9-11-18)39-15-24(35)31-26-30-19-5-3-4-6-22(19)40-26/h3-13H,14-15H2,1-2H3,(H,29,36)(H,30,31,35). The van der Waals surface area contributed by atoms with Gasteiger partial charge in [-0.05, 0) is 54.6 Å². The Morgan fingerprint density at radius 3 is 2.52 bits per heavy atom. The van der Waals surface area contributed by atoms with E-state index < -0.39 is 5.82 Å². The molecule has 0 atom stereocenters. The lowest BCUT2D eigenvalue weighted by Crippen LogP contribution is -2.24. The monoisotopic (exact) mass is 578 g/mol. The minimum absolute atomic E-state index is 0.0238. The number of carbonyl (C=O) groups excluding carboxylic acids is 2. The van der Waals surface area contributed by atoms with Gasteiger partial charge in [-0.1, -0.05) is 35.2 Å². The van der Waals surface area contributed by atoms with Crippen molar-refractivity contribution in [3.05, 3.63) is 83.9 Å². The summed E-state index contributed by atoms with van der Waals surface area (Å²) in [6.07, 6.45) is 0. The fourth-order valence-electron chi connectivity index (χ4n) is 3.81. The van der Waals surface area contributed by atoms with E-state index >= 15 is 0 Å². The first-order valence-corrected chi connectivity index (χ1v) is 13.7. The Morgan fingerprint density at radius 2 is 1.77 bits per heavy atom. The van der Waals surface area contributed by atoms with E-state index in [1.807, 2.05) is 24.3 Å². The molecule has 3 aromatic carbocycles. The zero-order valence-corrected chi connectivity index (χ0v) is 23.0. The van der Waals surface area contributed by atoms with Gasteiger partial charge in [0.2, 0.25) is 5.91 Å². The number of halogens is 1. The number of fused-ring (bicyclic) bond motifs is 1. The number of carbonyl (C=O) groups is 2. The second-order valence-corrected chi connectivity index (χ2v) is 10.3. The molecule has 13 heteroatoms. The molecular formula is C27H23FN6O4S2. The minimum atomic E-state index is -0.399. The second-order valence-electron chi connectivity index (χ2n) is 8.29. The average Bonchev–Trinajstić information content (AvgIpc) is 3.58. The molecule has 0 fully saturated rings. The third-order valence-electron chi connectivity index (χ3n) is 5.71. The van der Waals surface area contributed by atoms with Crippen LogP contribution < -0.4 is 20.1 Å². The van der Waals surface area contributed by atoms with Crippen LogP contribution in [0.25, 0.3) is 15.9 Å². The Kier molecular flexibility index (Phi) is 8.22. The molecule has 10 nitrogen and oxygen atoms in total. The Balaban J connectivity index is 1.31. The molecule has 0 aliphatic carbocycles. The highest BCUT2D eigenvalue weighted by Crippen LogP contribution is 2.28. The van der Waals surface area contributed by atoms with E-state index in [1.54, 1.807) is 34.9 Å². The first-order chi connectivity index (χ1) is 19.4. The summed E-state index contributed by atoms with van der Waals surface area (Å²) in [5.74, 6) is 0.336. The fourth-order valence-corrected chi connectivity index (χ4v) is 5.46. The first kappa shape index (κ1) is 27.1. The largest absolute Gasteiger partial charge is 0.493 e. The number of benzene rings is 3. The van der Waals surface area contributed by atoms with Crippen molar-refractivity contribution in [1.82, 2.24) is 25.1 Å². The zero-order chi connectivity index (χ0) is 28.1. The van der Waals surface area contributed by atoms with Crippen LogP contribution in [0.1, 0.15) is 16.2 Å². The summed E-state index contributed by atoms with van der Waals surface area (Å²) in [5.41, 5.74) is 1.76. The number of ether oxygens (including phenoxy) is 2. The van der Waals surface area contributed by atoms with Crippen molar-refractivity contribution in [3.8, 4) is 17.2 Å². The summed E-state index contributed by atoms with van der Waals surface area (Å²) >= 11 is 2.55. The van der Waals surface area contributed by atoms with Crippen molar-refractivity contribution in [2.45, 2.75) is 11.7 Å². The third-order valence-corrected chi connectivity index (χ3v) is 7.59. The van der Waals surface area contributed by atoms with E-state index in [2.05, 4.69) is 25.8 Å². The lowest BCUT2D eigenvalue weighted by Gasteiger charge is -2.12. The molecule has 2 N–H and O–H groups in total. The van der Waals surface area contributed by atoms with Crippen LogP contribution >= 0.6 is 23.1 Å². The molecule has 204 valence electrons. The average molecular weight is 579 g/mol. The van der Waals surface area contributed by atoms with Gasteiger partial charge in [0.25, 0.3) is 5.91 Å². The Morgan fingerprint density at radius 1 is 1.00 bits per heavy atom. The number of para-hydroxylation sites is 1. The van der Waals surface area contributed by atoms with E-state index in [4.69, 9.17) is 9.47 Å². The Bertz CT molecular complexity index is 1640. The maximum Gasteiger partial charge on any atom is 0.251 e. The molecule has 2 amide bonds. The number of nitrogens with zero attached hydrogens (tertiary/aromatic N) is 4. The molecule has 0 aliphatic heterocycles. The summed E-state index contributed by atoms with van der Waals surface area (Å²) in [6, 6.07) is 18.2. The van der Waals surface area contributed by atoms with Crippen molar-refractivity contribution < 1.29 is 23.5 Å². The number of hydrogen-bond donors (Lipinski definition) is 2. The van der Waals surface area contributed by atoms with Crippen molar-refractivity contribution in [2.75, 3.05) is 25.3 Å². The molecule has 0 radical (unpaired) electrons. The quantitative estimate of drug-likeness (QED) is 0.229. The number of thioether (sulfide) groups is 1. The Hall–Kier alpha value is -4.49. The van der Waals surface area contributed by atoms with Crippen LogP contribution in [-0.2, 0) is 11.3 Å². The van der Waals surface area contributed by atoms with Crippen LogP contribution in [0.4, 0.5) is 9.52 Å². The van der Waals surface area contributed by atoms with Crippen LogP contribution in [0.5, 0.6) is 11.5 Å². The number of thiazole rings is 1. The number of aromatic nitrogens is 4. The van der Waals surface area contributed by atoms with Crippen molar-refractivity contribution >= 4 is 50.3 Å². The molecule has 0 unspecified atom stereocenters. The molecule has 0 aliphatic rings. The highest BCUT2D eigenvalue weighted by molar-refractivity contribution is 7.99. The van der Waals surface area contributed by atoms with Gasteiger partial charge in [0.15, 0.2) is 27.6 Å². The minimum Gasteiger partial charge on any atom is -0.493 e. The predicted molar refractivity (Wildman–Crippen MR) is 151 cm³/mol. The van der Waals surface area contributed by atoms with Gasteiger partial charge >= 0.3 is 0 Å². The van der Waals surface area contributed by atoms with Gasteiger partial charge in [-0.25, -0.2) is 9.37 Å². The summed E-state index contributed by atoms with van der Waals surface area (Å²) in [7, 11) is 3.00. The maximum absolute atomic E-state index is 13.6. The lowest BCUT2D eigenvalue weighted by molar-refractivity contribution is -0.113. The van der Waals surface area contributed by atoms with Crippen LogP contribution in [-0.4, -0.2) is 51.5 Å². The van der Waals surface area contributed by atoms with Crippen LogP contribution in [0.15, 0.2) is 71.9 Å². The highest BCUT2D eigenvalue weighted by Gasteiger charge is 2.18. The smallest absolute Gasteiger partial charge is 0.251 e. The number of hydrogen-bond acceptors (Lipinski definition) is 9. The Labute approximate surface area is 236 Å². The lowest BCUT2D eigenvalue weighted by atomic mass is 10.2. The molecule has 5 rings (SSSR count). The molecular weight excluding hydrogens is 555 g/mol. The number of nitrogens with one attached hydrogen (secondary N) is 2. The van der Waals surface area contributed by atoms with Gasteiger partial charge in [0.05, 0.1) is 36.7 Å². The van der Waals surface area contributed by atoms with Crippen molar-refractivity contribution in [2.24, 2.45) is 0 Å². The molecule has 5 aromatic rings. The summed E-state index contributed by atoms with van der Waals surface area (Å²) in [5, 5.41) is 15.0. The van der Waals surface area contributed by atoms with Crippen molar-refractivity contribution in [1.29, 1.82) is 0 Å². The van der Waals surface area contributed by atoms with Gasteiger partial charge in [-0.3, -0.25) is 14.2 Å². The SMILES string of the molecule is COc1ccc(C(=O)NCc2nnc(SCC(=O)Nc3nc4ccccc4s3)n2-c2ccc(F)cc2)cc1OC. The van der Waals surface area contributed by atoms with Gasteiger partial charge in [-0.2, -0.15) is 0 Å². The van der Waals surface area contributed by atoms with E-state index in [0.29, 0.717) is 38.9 Å². The summed E-state index contributed by atoms with van der Waals surface area (Å²) < 4.78 is 26.8. The van der Waals surface area contributed by atoms with E-state index in [-0.39, 0.29) is 24.1 Å². The topological polar surface area (TPSA) is 120 Å². The fraction of sp³-hybridized carbons (Fsp3) is 0.148. The van der Waals surface area contributed by atoms with E-state index in [1.165, 1.54) is 37.7 Å². The number of rotatable bonds is 10. The van der Waals surface area contributed by atoms with Crippen molar-refractivity contribution in [3.63, 3.8) is 0 Å². The normalized spacial score (nSPS) is 10.9. The number of amides is 2. The van der Waals surface area contributed by atoms with Gasteiger partial charge < -0.3 is 20.1 Å². The van der Waals surface area contributed by atoms with E-state index in [9.17, 15) is 14.0 Å². The predicted octanol–water partition coefficient (Wildman–Crippen LogP) is 4.69. The highest BCUT2D eigenvalue weighted by atomic mass is 32.2. The molecule has 2 aromatic heterocycles. The van der Waals surface area contributed by atoms with Gasteiger partial charge in [-0.15, -0.1) is 10.2 Å². The van der Waals surface area contributed by atoms with Gasteiger partial charge in [0, 0.05) is 11.3 Å².